The van der Waals surface area contributed by atoms with Crippen LogP contribution in [0.2, 0.25) is 0 Å². The Hall–Kier alpha value is -1.42. The van der Waals surface area contributed by atoms with E-state index >= 15 is 0 Å². The predicted molar refractivity (Wildman–Crippen MR) is 65.3 cm³/mol. The van der Waals surface area contributed by atoms with Gasteiger partial charge in [-0.1, -0.05) is 12.2 Å². The molecule has 0 radical (unpaired) electrons. The van der Waals surface area contributed by atoms with Crippen LogP contribution in [0.4, 0.5) is 5.82 Å². The van der Waals surface area contributed by atoms with Gasteiger partial charge in [0.1, 0.15) is 17.0 Å². The van der Waals surface area contributed by atoms with Gasteiger partial charge in [0.05, 0.1) is 5.39 Å². The molecule has 0 aliphatic rings. The smallest absolute Gasteiger partial charge is 0.138 e. The lowest BCUT2D eigenvalue weighted by Gasteiger charge is -2.03. The Kier molecular flexibility index (Phi) is 3.29. The van der Waals surface area contributed by atoms with Crippen molar-refractivity contribution in [3.63, 3.8) is 0 Å². The van der Waals surface area contributed by atoms with Gasteiger partial charge in [0, 0.05) is 6.54 Å². The first-order valence-electron chi connectivity index (χ1n) is 4.95. The van der Waals surface area contributed by atoms with Gasteiger partial charge >= 0.3 is 0 Å². The summed E-state index contributed by atoms with van der Waals surface area (Å²) in [7, 11) is 0. The zero-order valence-electron chi connectivity index (χ0n) is 8.60. The molecule has 2 heterocycles. The number of thiophene rings is 1. The molecule has 0 atom stereocenters. The molecule has 0 fully saturated rings. The predicted octanol–water partition coefficient (Wildman–Crippen LogP) is 3.07. The molecule has 15 heavy (non-hydrogen) atoms. The molecule has 0 aliphatic carbocycles. The Morgan fingerprint density at radius 2 is 2.40 bits per heavy atom. The number of nitrogens with zero attached hydrogens (tertiary/aromatic N) is 2. The topological polar surface area (TPSA) is 37.8 Å². The van der Waals surface area contributed by atoms with E-state index in [0.717, 1.165) is 29.0 Å². The highest BCUT2D eigenvalue weighted by molar-refractivity contribution is 7.16. The Balaban J connectivity index is 2.10. The Morgan fingerprint density at radius 1 is 1.47 bits per heavy atom. The van der Waals surface area contributed by atoms with Crippen LogP contribution in [0.15, 0.2) is 29.9 Å². The van der Waals surface area contributed by atoms with E-state index in [1.165, 1.54) is 0 Å². The van der Waals surface area contributed by atoms with Gasteiger partial charge in [-0.3, -0.25) is 0 Å². The van der Waals surface area contributed by atoms with E-state index in [-0.39, 0.29) is 0 Å². The molecule has 2 rings (SSSR count). The number of allylic oxidation sites excluding steroid dienone is 1. The van der Waals surface area contributed by atoms with Crippen molar-refractivity contribution >= 4 is 27.4 Å². The van der Waals surface area contributed by atoms with Crippen molar-refractivity contribution in [1.82, 2.24) is 9.97 Å². The van der Waals surface area contributed by atoms with Crippen LogP contribution in [0.3, 0.4) is 0 Å². The molecule has 0 aromatic carbocycles. The first-order valence-corrected chi connectivity index (χ1v) is 5.83. The number of nitrogens with one attached hydrogen (secondary N) is 1. The molecule has 2 aromatic heterocycles. The molecule has 4 heteroatoms. The maximum Gasteiger partial charge on any atom is 0.138 e. The summed E-state index contributed by atoms with van der Waals surface area (Å²) >= 11 is 1.64. The van der Waals surface area contributed by atoms with E-state index in [4.69, 9.17) is 0 Å². The minimum absolute atomic E-state index is 0.909. The van der Waals surface area contributed by atoms with E-state index in [2.05, 4.69) is 33.5 Å². The Labute approximate surface area is 92.9 Å². The minimum Gasteiger partial charge on any atom is -0.369 e. The molecule has 0 saturated carbocycles. The number of hydrogen-bond donors (Lipinski definition) is 1. The fourth-order valence-electron chi connectivity index (χ4n) is 1.37. The fraction of sp³-hybridized carbons (Fsp3) is 0.273. The van der Waals surface area contributed by atoms with Gasteiger partial charge in [0.25, 0.3) is 0 Å². The van der Waals surface area contributed by atoms with Gasteiger partial charge in [0.2, 0.25) is 0 Å². The van der Waals surface area contributed by atoms with Crippen molar-refractivity contribution in [1.29, 1.82) is 0 Å². The first-order chi connectivity index (χ1) is 7.42. The second kappa shape index (κ2) is 4.89. The van der Waals surface area contributed by atoms with E-state index in [1.54, 1.807) is 17.7 Å². The Bertz CT molecular complexity index is 462. The normalized spacial score (nSPS) is 11.3. The Morgan fingerprint density at radius 3 is 3.27 bits per heavy atom. The monoisotopic (exact) mass is 219 g/mol. The van der Waals surface area contributed by atoms with E-state index in [1.807, 2.05) is 12.3 Å². The largest absolute Gasteiger partial charge is 0.369 e. The summed E-state index contributed by atoms with van der Waals surface area (Å²) in [5, 5.41) is 6.46. The number of fused-ring (bicyclic) bond motifs is 1. The van der Waals surface area contributed by atoms with E-state index in [9.17, 15) is 0 Å². The molecule has 1 N–H and O–H groups in total. The molecular formula is C11H13N3S. The minimum atomic E-state index is 0.909. The second-order valence-electron chi connectivity index (χ2n) is 3.15. The molecule has 0 spiro atoms. The lowest BCUT2D eigenvalue weighted by molar-refractivity contribution is 1.04. The van der Waals surface area contributed by atoms with Crippen LogP contribution < -0.4 is 5.32 Å². The van der Waals surface area contributed by atoms with Gasteiger partial charge in [-0.15, -0.1) is 11.3 Å². The van der Waals surface area contributed by atoms with Crippen LogP contribution in [0, 0.1) is 0 Å². The van der Waals surface area contributed by atoms with Crippen molar-refractivity contribution in [3.8, 4) is 0 Å². The van der Waals surface area contributed by atoms with E-state index in [0.29, 0.717) is 0 Å². The molecule has 0 unspecified atom stereocenters. The van der Waals surface area contributed by atoms with Crippen LogP contribution in [-0.4, -0.2) is 16.5 Å². The van der Waals surface area contributed by atoms with Crippen LogP contribution in [0.25, 0.3) is 10.2 Å². The summed E-state index contributed by atoms with van der Waals surface area (Å²) in [6.45, 7) is 2.94. The maximum absolute atomic E-state index is 4.24. The summed E-state index contributed by atoms with van der Waals surface area (Å²) in [5.41, 5.74) is 0. The molecule has 78 valence electrons. The molecule has 0 saturated heterocycles. The van der Waals surface area contributed by atoms with Crippen molar-refractivity contribution in [3.05, 3.63) is 29.9 Å². The van der Waals surface area contributed by atoms with Gasteiger partial charge in [0.15, 0.2) is 0 Å². The molecular weight excluding hydrogens is 206 g/mol. The summed E-state index contributed by atoms with van der Waals surface area (Å²) < 4.78 is 0. The van der Waals surface area contributed by atoms with Crippen LogP contribution in [0.1, 0.15) is 13.3 Å². The van der Waals surface area contributed by atoms with Gasteiger partial charge in [-0.2, -0.15) is 0 Å². The lowest BCUT2D eigenvalue weighted by Crippen LogP contribution is -2.02. The average Bonchev–Trinajstić information content (AvgIpc) is 2.73. The van der Waals surface area contributed by atoms with Gasteiger partial charge in [-0.05, 0) is 24.8 Å². The summed E-state index contributed by atoms with van der Waals surface area (Å²) in [5.74, 6) is 0.936. The zero-order chi connectivity index (χ0) is 10.5. The van der Waals surface area contributed by atoms with Crippen molar-refractivity contribution in [2.45, 2.75) is 13.3 Å². The number of hydrogen-bond acceptors (Lipinski definition) is 4. The van der Waals surface area contributed by atoms with Crippen LogP contribution in [-0.2, 0) is 0 Å². The highest BCUT2D eigenvalue weighted by Gasteiger charge is 2.02. The van der Waals surface area contributed by atoms with Gasteiger partial charge in [-0.25, -0.2) is 9.97 Å². The maximum atomic E-state index is 4.24. The fourth-order valence-corrected chi connectivity index (χ4v) is 2.10. The highest BCUT2D eigenvalue weighted by Crippen LogP contribution is 2.23. The van der Waals surface area contributed by atoms with Gasteiger partial charge < -0.3 is 5.32 Å². The molecule has 0 amide bonds. The quantitative estimate of drug-likeness (QED) is 0.634. The standard InChI is InChI=1S/C11H13N3S/c1-2-3-4-6-12-10-9-5-7-15-11(9)14-8-13-10/h2-3,5,7-8H,4,6H2,1H3,(H,12,13,14)/b3-2+. The number of anilines is 1. The SMILES string of the molecule is C/C=C/CCNc1ncnc2sccc12. The average molecular weight is 219 g/mol. The molecule has 3 nitrogen and oxygen atoms in total. The summed E-state index contributed by atoms with van der Waals surface area (Å²) in [4.78, 5) is 9.48. The third kappa shape index (κ3) is 2.33. The highest BCUT2D eigenvalue weighted by atomic mass is 32.1. The molecule has 0 bridgehead atoms. The molecule has 0 aliphatic heterocycles. The van der Waals surface area contributed by atoms with E-state index < -0.39 is 0 Å². The first kappa shape index (κ1) is 10.1. The van der Waals surface area contributed by atoms with Crippen molar-refractivity contribution in [2.75, 3.05) is 11.9 Å². The van der Waals surface area contributed by atoms with Crippen LogP contribution in [0.5, 0.6) is 0 Å². The zero-order valence-corrected chi connectivity index (χ0v) is 9.42. The number of aromatic nitrogens is 2. The van der Waals surface area contributed by atoms with Crippen LogP contribution >= 0.6 is 11.3 Å². The summed E-state index contributed by atoms with van der Waals surface area (Å²) in [6, 6.07) is 2.05. The lowest BCUT2D eigenvalue weighted by atomic mass is 10.3. The third-order valence-electron chi connectivity index (χ3n) is 2.10. The molecule has 2 aromatic rings. The summed E-state index contributed by atoms with van der Waals surface area (Å²) in [6.07, 6.45) is 6.82. The third-order valence-corrected chi connectivity index (χ3v) is 2.92. The van der Waals surface area contributed by atoms with Crippen molar-refractivity contribution < 1.29 is 0 Å². The number of rotatable bonds is 4. The van der Waals surface area contributed by atoms with Crippen molar-refractivity contribution in [2.24, 2.45) is 0 Å². The second-order valence-corrected chi connectivity index (χ2v) is 4.04.